The maximum atomic E-state index is 13.9. The zero-order valence-electron chi connectivity index (χ0n) is 11.2. The third-order valence-electron chi connectivity index (χ3n) is 2.70. The molecule has 0 unspecified atom stereocenters. The zero-order chi connectivity index (χ0) is 13.3. The molecule has 96 valence electrons. The van der Waals surface area contributed by atoms with Gasteiger partial charge < -0.3 is 5.32 Å². The van der Waals surface area contributed by atoms with Crippen LogP contribution in [0.4, 0.5) is 4.39 Å². The van der Waals surface area contributed by atoms with Crippen LogP contribution in [0, 0.1) is 5.82 Å². The average Bonchev–Trinajstić information content (AvgIpc) is 2.13. The molecule has 0 radical (unpaired) electrons. The minimum atomic E-state index is -0.338. The fraction of sp³-hybridized carbons (Fsp3) is 0.571. The Morgan fingerprint density at radius 2 is 1.76 bits per heavy atom. The summed E-state index contributed by atoms with van der Waals surface area (Å²) in [7, 11) is 0. The Bertz CT molecular complexity index is 373. The summed E-state index contributed by atoms with van der Waals surface area (Å²) in [6, 6.07) is 4.83. The highest BCUT2D eigenvalue weighted by Gasteiger charge is 2.28. The molecular weight excluding hydrogens is 237 g/mol. The quantitative estimate of drug-likeness (QED) is 0.858. The van der Waals surface area contributed by atoms with Gasteiger partial charge in [0, 0.05) is 28.1 Å². The second-order valence-electron chi connectivity index (χ2n) is 6.08. The van der Waals surface area contributed by atoms with Gasteiger partial charge in [0.1, 0.15) is 5.82 Å². The van der Waals surface area contributed by atoms with Gasteiger partial charge >= 0.3 is 0 Å². The van der Waals surface area contributed by atoms with E-state index in [1.54, 1.807) is 12.1 Å². The van der Waals surface area contributed by atoms with E-state index in [2.05, 4.69) is 26.1 Å². The minimum absolute atomic E-state index is 0.00893. The van der Waals surface area contributed by atoms with Gasteiger partial charge in [0.15, 0.2) is 0 Å². The van der Waals surface area contributed by atoms with E-state index in [9.17, 15) is 4.39 Å². The molecule has 0 aromatic heterocycles. The van der Waals surface area contributed by atoms with E-state index in [1.165, 1.54) is 6.07 Å². The number of hydrogen-bond donors (Lipinski definition) is 1. The normalized spacial score (nSPS) is 12.9. The van der Waals surface area contributed by atoms with Crippen molar-refractivity contribution in [3.8, 4) is 0 Å². The van der Waals surface area contributed by atoms with E-state index in [0.717, 1.165) is 0 Å². The Morgan fingerprint density at radius 3 is 2.24 bits per heavy atom. The highest BCUT2D eigenvalue weighted by molar-refractivity contribution is 6.31. The molecule has 0 aliphatic carbocycles. The van der Waals surface area contributed by atoms with Crippen LogP contribution < -0.4 is 5.32 Å². The molecule has 0 aliphatic heterocycles. The SMILES string of the molecule is CC(C)(C)NCC(C)(C)c1c(F)cccc1Cl. The standard InChI is InChI=1S/C14H21ClFN/c1-13(2,3)17-9-14(4,5)12-10(15)7-6-8-11(12)16/h6-8,17H,9H2,1-5H3. The lowest BCUT2D eigenvalue weighted by Crippen LogP contribution is -2.44. The van der Waals surface area contributed by atoms with Crippen LogP contribution >= 0.6 is 11.6 Å². The summed E-state index contributed by atoms with van der Waals surface area (Å²) in [4.78, 5) is 0. The topological polar surface area (TPSA) is 12.0 Å². The molecule has 0 heterocycles. The van der Waals surface area contributed by atoms with Gasteiger partial charge in [-0.2, -0.15) is 0 Å². The summed E-state index contributed by atoms with van der Waals surface area (Å²) in [6.45, 7) is 10.9. The van der Waals surface area contributed by atoms with Crippen molar-refractivity contribution < 1.29 is 4.39 Å². The van der Waals surface area contributed by atoms with E-state index >= 15 is 0 Å². The van der Waals surface area contributed by atoms with Crippen molar-refractivity contribution in [2.75, 3.05) is 6.54 Å². The molecule has 0 saturated heterocycles. The van der Waals surface area contributed by atoms with Gasteiger partial charge in [0.25, 0.3) is 0 Å². The molecule has 0 atom stereocenters. The molecule has 1 aromatic carbocycles. The van der Waals surface area contributed by atoms with Gasteiger partial charge in [-0.1, -0.05) is 31.5 Å². The van der Waals surface area contributed by atoms with Crippen LogP contribution in [0.3, 0.4) is 0 Å². The lowest BCUT2D eigenvalue weighted by atomic mass is 9.83. The van der Waals surface area contributed by atoms with Crippen molar-refractivity contribution >= 4 is 11.6 Å². The average molecular weight is 258 g/mol. The van der Waals surface area contributed by atoms with Crippen LogP contribution in [0.15, 0.2) is 18.2 Å². The zero-order valence-corrected chi connectivity index (χ0v) is 12.0. The molecule has 1 aromatic rings. The van der Waals surface area contributed by atoms with Crippen LogP contribution in [0.2, 0.25) is 5.02 Å². The number of rotatable bonds is 3. The Labute approximate surface area is 108 Å². The van der Waals surface area contributed by atoms with Crippen LogP contribution in [0.5, 0.6) is 0 Å². The maximum absolute atomic E-state index is 13.9. The first-order chi connectivity index (χ1) is 7.63. The molecule has 0 bridgehead atoms. The molecule has 1 rings (SSSR count). The summed E-state index contributed by atoms with van der Waals surface area (Å²) in [5, 5.41) is 3.88. The van der Waals surface area contributed by atoms with Crippen LogP contribution in [-0.2, 0) is 5.41 Å². The fourth-order valence-electron chi connectivity index (χ4n) is 1.72. The maximum Gasteiger partial charge on any atom is 0.128 e. The van der Waals surface area contributed by atoms with Crippen LogP contribution in [-0.4, -0.2) is 12.1 Å². The minimum Gasteiger partial charge on any atom is -0.311 e. The first kappa shape index (κ1) is 14.5. The van der Waals surface area contributed by atoms with E-state index in [-0.39, 0.29) is 16.8 Å². The van der Waals surface area contributed by atoms with Gasteiger partial charge in [-0.3, -0.25) is 0 Å². The van der Waals surface area contributed by atoms with Gasteiger partial charge in [0.2, 0.25) is 0 Å². The summed E-state index contributed by atoms with van der Waals surface area (Å²) < 4.78 is 13.9. The lowest BCUT2D eigenvalue weighted by Gasteiger charge is -2.31. The molecular formula is C14H21ClFN. The van der Waals surface area contributed by atoms with Crippen molar-refractivity contribution in [2.45, 2.75) is 45.6 Å². The van der Waals surface area contributed by atoms with Crippen molar-refractivity contribution in [3.05, 3.63) is 34.6 Å². The van der Waals surface area contributed by atoms with Crippen molar-refractivity contribution in [1.82, 2.24) is 5.32 Å². The molecule has 0 spiro atoms. The largest absolute Gasteiger partial charge is 0.311 e. The fourth-order valence-corrected chi connectivity index (χ4v) is 2.14. The molecule has 0 fully saturated rings. The molecule has 0 amide bonds. The highest BCUT2D eigenvalue weighted by Crippen LogP contribution is 2.32. The van der Waals surface area contributed by atoms with Crippen molar-refractivity contribution in [3.63, 3.8) is 0 Å². The van der Waals surface area contributed by atoms with E-state index in [0.29, 0.717) is 17.1 Å². The van der Waals surface area contributed by atoms with E-state index in [4.69, 9.17) is 11.6 Å². The molecule has 17 heavy (non-hydrogen) atoms. The van der Waals surface area contributed by atoms with Crippen LogP contribution in [0.25, 0.3) is 0 Å². The van der Waals surface area contributed by atoms with E-state index < -0.39 is 0 Å². The molecule has 3 heteroatoms. The predicted molar refractivity (Wildman–Crippen MR) is 72.2 cm³/mol. The molecule has 1 N–H and O–H groups in total. The molecule has 1 nitrogen and oxygen atoms in total. The summed E-state index contributed by atoms with van der Waals surface area (Å²) in [5.74, 6) is -0.238. The number of benzene rings is 1. The lowest BCUT2D eigenvalue weighted by molar-refractivity contribution is 0.356. The second kappa shape index (κ2) is 4.95. The first-order valence-electron chi connectivity index (χ1n) is 5.83. The van der Waals surface area contributed by atoms with Crippen LogP contribution in [0.1, 0.15) is 40.2 Å². The Hall–Kier alpha value is -0.600. The molecule has 0 aliphatic rings. The highest BCUT2D eigenvalue weighted by atomic mass is 35.5. The van der Waals surface area contributed by atoms with E-state index in [1.807, 2.05) is 13.8 Å². The van der Waals surface area contributed by atoms with Gasteiger partial charge in [-0.05, 0) is 32.9 Å². The van der Waals surface area contributed by atoms with Crippen molar-refractivity contribution in [2.24, 2.45) is 0 Å². The summed E-state index contributed by atoms with van der Waals surface area (Å²) >= 11 is 6.10. The number of hydrogen-bond acceptors (Lipinski definition) is 1. The summed E-state index contributed by atoms with van der Waals surface area (Å²) in [6.07, 6.45) is 0. The summed E-state index contributed by atoms with van der Waals surface area (Å²) in [5.41, 5.74) is 0.253. The first-order valence-corrected chi connectivity index (χ1v) is 6.21. The Morgan fingerprint density at radius 1 is 1.18 bits per heavy atom. The van der Waals surface area contributed by atoms with Crippen molar-refractivity contribution in [1.29, 1.82) is 0 Å². The third-order valence-corrected chi connectivity index (χ3v) is 3.02. The monoisotopic (exact) mass is 257 g/mol. The van der Waals surface area contributed by atoms with Gasteiger partial charge in [-0.15, -0.1) is 0 Å². The van der Waals surface area contributed by atoms with Gasteiger partial charge in [0.05, 0.1) is 0 Å². The second-order valence-corrected chi connectivity index (χ2v) is 6.49. The predicted octanol–water partition coefficient (Wildman–Crippen LogP) is 4.14. The van der Waals surface area contributed by atoms with Gasteiger partial charge in [-0.25, -0.2) is 4.39 Å². The Balaban J connectivity index is 2.97. The molecule has 0 saturated carbocycles. The smallest absolute Gasteiger partial charge is 0.128 e. The number of nitrogens with one attached hydrogen (secondary N) is 1. The number of halogens is 2. The Kier molecular flexibility index (Phi) is 4.21. The third kappa shape index (κ3) is 3.97.